The highest BCUT2D eigenvalue weighted by Crippen LogP contribution is 2.50. The molecule has 1 saturated carbocycles. The van der Waals surface area contributed by atoms with Crippen LogP contribution in [0.4, 0.5) is 0 Å². The molecule has 2 aliphatic heterocycles. The van der Waals surface area contributed by atoms with Crippen molar-refractivity contribution in [3.05, 3.63) is 35.9 Å². The van der Waals surface area contributed by atoms with E-state index in [0.717, 1.165) is 57.4 Å². The normalized spacial score (nSPS) is 28.4. The first-order valence-corrected chi connectivity index (χ1v) is 10.5. The summed E-state index contributed by atoms with van der Waals surface area (Å²) in [5.41, 5.74) is 0.834. The first-order valence-electron chi connectivity index (χ1n) is 10.5. The second kappa shape index (κ2) is 7.90. The lowest BCUT2D eigenvalue weighted by Crippen LogP contribution is -2.41. The number of aliphatic hydroxyl groups excluding tert-OH is 2. The molecule has 148 valence electrons. The predicted octanol–water partition coefficient (Wildman–Crippen LogP) is 1.49. The fourth-order valence-corrected chi connectivity index (χ4v) is 5.01. The van der Waals surface area contributed by atoms with Crippen LogP contribution < -0.4 is 0 Å². The minimum absolute atomic E-state index is 0.153. The molecule has 3 aliphatic rings. The van der Waals surface area contributed by atoms with Crippen LogP contribution in [0.1, 0.15) is 31.2 Å². The van der Waals surface area contributed by atoms with Crippen LogP contribution in [0.15, 0.2) is 30.3 Å². The van der Waals surface area contributed by atoms with Gasteiger partial charge in [-0.1, -0.05) is 30.3 Å². The van der Waals surface area contributed by atoms with Crippen molar-refractivity contribution in [3.8, 4) is 0 Å². The van der Waals surface area contributed by atoms with Crippen LogP contribution in [0, 0.1) is 17.8 Å². The Bertz CT molecular complexity index is 638. The van der Waals surface area contributed by atoms with Crippen LogP contribution in [0.25, 0.3) is 0 Å². The molecule has 3 fully saturated rings. The third-order valence-electron chi connectivity index (χ3n) is 7.04. The van der Waals surface area contributed by atoms with Crippen LogP contribution in [0.2, 0.25) is 0 Å². The molecule has 1 aliphatic carbocycles. The largest absolute Gasteiger partial charge is 0.396 e. The molecule has 0 spiro atoms. The molecule has 0 unspecified atom stereocenters. The highest BCUT2D eigenvalue weighted by Gasteiger charge is 2.54. The van der Waals surface area contributed by atoms with Gasteiger partial charge in [0, 0.05) is 38.8 Å². The molecule has 1 aromatic carbocycles. The second-order valence-electron chi connectivity index (χ2n) is 8.79. The van der Waals surface area contributed by atoms with Gasteiger partial charge < -0.3 is 20.0 Å². The first-order chi connectivity index (χ1) is 13.2. The summed E-state index contributed by atoms with van der Waals surface area (Å²) in [6.07, 6.45) is 3.98. The van der Waals surface area contributed by atoms with Crippen molar-refractivity contribution in [2.24, 2.45) is 17.8 Å². The van der Waals surface area contributed by atoms with Crippen molar-refractivity contribution in [1.29, 1.82) is 0 Å². The smallest absolute Gasteiger partial charge is 0.233 e. The molecule has 2 saturated heterocycles. The number of rotatable bonds is 6. The fraction of sp³-hybridized carbons (Fsp3) is 0.682. The zero-order valence-corrected chi connectivity index (χ0v) is 16.1. The van der Waals surface area contributed by atoms with Crippen molar-refractivity contribution in [3.63, 3.8) is 0 Å². The van der Waals surface area contributed by atoms with Gasteiger partial charge in [0.25, 0.3) is 0 Å². The molecule has 1 aromatic rings. The highest BCUT2D eigenvalue weighted by molar-refractivity contribution is 5.91. The maximum atomic E-state index is 13.3. The Labute approximate surface area is 162 Å². The number of aliphatic hydroxyl groups is 2. The number of piperidine rings is 1. The van der Waals surface area contributed by atoms with Crippen molar-refractivity contribution in [2.45, 2.75) is 31.1 Å². The summed E-state index contributed by atoms with van der Waals surface area (Å²) in [5, 5.41) is 19.2. The van der Waals surface area contributed by atoms with E-state index in [1.807, 2.05) is 23.1 Å². The van der Waals surface area contributed by atoms with E-state index in [4.69, 9.17) is 0 Å². The standard InChI is InChI=1S/C22H32N2O3/c25-15-17-6-10-23(11-7-17)12-18-13-24(14-19(18)16-26)21(27)22(8-9-22)20-4-2-1-3-5-20/h1-5,17-19,25-26H,6-16H2/t18-,19-/m1/s1. The third-order valence-corrected chi connectivity index (χ3v) is 7.04. The summed E-state index contributed by atoms with van der Waals surface area (Å²) >= 11 is 0. The van der Waals surface area contributed by atoms with Gasteiger partial charge in [0.1, 0.15) is 0 Å². The van der Waals surface area contributed by atoms with Crippen LogP contribution in [-0.2, 0) is 10.2 Å². The van der Waals surface area contributed by atoms with Crippen molar-refractivity contribution < 1.29 is 15.0 Å². The maximum Gasteiger partial charge on any atom is 0.233 e. The van der Waals surface area contributed by atoms with Gasteiger partial charge in [-0.3, -0.25) is 4.79 Å². The molecule has 2 N–H and O–H groups in total. The van der Waals surface area contributed by atoms with E-state index in [9.17, 15) is 15.0 Å². The lowest BCUT2D eigenvalue weighted by atomic mass is 9.93. The van der Waals surface area contributed by atoms with Gasteiger partial charge in [-0.15, -0.1) is 0 Å². The van der Waals surface area contributed by atoms with E-state index in [1.54, 1.807) is 0 Å². The molecule has 1 amide bonds. The van der Waals surface area contributed by atoms with Crippen LogP contribution >= 0.6 is 0 Å². The Morgan fingerprint density at radius 2 is 1.67 bits per heavy atom. The van der Waals surface area contributed by atoms with Gasteiger partial charge in [-0.05, 0) is 56.2 Å². The van der Waals surface area contributed by atoms with Gasteiger partial charge in [-0.2, -0.15) is 0 Å². The Hall–Kier alpha value is -1.43. The average molecular weight is 373 g/mol. The number of benzene rings is 1. The molecule has 2 heterocycles. The summed E-state index contributed by atoms with van der Waals surface area (Å²) in [6.45, 7) is 4.87. The molecule has 0 bridgehead atoms. The van der Waals surface area contributed by atoms with Gasteiger partial charge in [0.2, 0.25) is 5.91 Å². The third kappa shape index (κ3) is 3.78. The molecule has 0 aromatic heterocycles. The fourth-order valence-electron chi connectivity index (χ4n) is 5.01. The number of hydrogen-bond acceptors (Lipinski definition) is 4. The predicted molar refractivity (Wildman–Crippen MR) is 104 cm³/mol. The summed E-state index contributed by atoms with van der Waals surface area (Å²) < 4.78 is 0. The molecule has 4 rings (SSSR count). The molecule has 27 heavy (non-hydrogen) atoms. The lowest BCUT2D eigenvalue weighted by molar-refractivity contribution is -0.133. The quantitative estimate of drug-likeness (QED) is 0.794. The summed E-state index contributed by atoms with van der Waals surface area (Å²) in [6, 6.07) is 10.2. The zero-order chi connectivity index (χ0) is 18.9. The van der Waals surface area contributed by atoms with Crippen LogP contribution in [0.5, 0.6) is 0 Å². The number of carbonyl (C=O) groups excluding carboxylic acids is 1. The summed E-state index contributed by atoms with van der Waals surface area (Å²) in [5.74, 6) is 1.22. The SMILES string of the molecule is O=C(N1C[C@@H](CN2CCC(CO)CC2)[C@@H](CO)C1)C1(c2ccccc2)CC1. The summed E-state index contributed by atoms with van der Waals surface area (Å²) in [4.78, 5) is 17.8. The maximum absolute atomic E-state index is 13.3. The Kier molecular flexibility index (Phi) is 5.53. The topological polar surface area (TPSA) is 64.0 Å². The van der Waals surface area contributed by atoms with E-state index in [-0.39, 0.29) is 23.8 Å². The summed E-state index contributed by atoms with van der Waals surface area (Å²) in [7, 11) is 0. The first kappa shape index (κ1) is 18.9. The van der Waals surface area contributed by atoms with Crippen LogP contribution in [-0.4, -0.2) is 71.9 Å². The molecule has 2 atom stereocenters. The lowest BCUT2D eigenvalue weighted by Gasteiger charge is -2.33. The van der Waals surface area contributed by atoms with E-state index < -0.39 is 0 Å². The van der Waals surface area contributed by atoms with Gasteiger partial charge in [-0.25, -0.2) is 0 Å². The Morgan fingerprint density at radius 3 is 2.26 bits per heavy atom. The highest BCUT2D eigenvalue weighted by atomic mass is 16.3. The van der Waals surface area contributed by atoms with E-state index in [0.29, 0.717) is 25.0 Å². The molecule has 0 radical (unpaired) electrons. The molecule has 5 nitrogen and oxygen atoms in total. The average Bonchev–Trinajstić information content (AvgIpc) is 3.44. The van der Waals surface area contributed by atoms with Crippen molar-refractivity contribution >= 4 is 5.91 Å². The Balaban J connectivity index is 1.39. The number of hydrogen-bond donors (Lipinski definition) is 2. The van der Waals surface area contributed by atoms with E-state index in [2.05, 4.69) is 17.0 Å². The van der Waals surface area contributed by atoms with Crippen LogP contribution in [0.3, 0.4) is 0 Å². The van der Waals surface area contributed by atoms with E-state index in [1.165, 1.54) is 0 Å². The second-order valence-corrected chi connectivity index (χ2v) is 8.79. The zero-order valence-electron chi connectivity index (χ0n) is 16.1. The van der Waals surface area contributed by atoms with Gasteiger partial charge >= 0.3 is 0 Å². The number of amides is 1. The van der Waals surface area contributed by atoms with Crippen molar-refractivity contribution in [2.75, 3.05) is 45.9 Å². The number of likely N-dealkylation sites (tertiary alicyclic amines) is 2. The van der Waals surface area contributed by atoms with Gasteiger partial charge in [0.15, 0.2) is 0 Å². The molecular weight excluding hydrogens is 340 g/mol. The van der Waals surface area contributed by atoms with E-state index >= 15 is 0 Å². The molecule has 5 heteroatoms. The number of carbonyl (C=O) groups is 1. The van der Waals surface area contributed by atoms with Gasteiger partial charge in [0.05, 0.1) is 5.41 Å². The monoisotopic (exact) mass is 372 g/mol. The minimum atomic E-state index is -0.310. The van der Waals surface area contributed by atoms with Crippen molar-refractivity contribution in [1.82, 2.24) is 9.80 Å². The Morgan fingerprint density at radius 1 is 1.00 bits per heavy atom. The minimum Gasteiger partial charge on any atom is -0.396 e. The molecular formula is C22H32N2O3. The number of nitrogens with zero attached hydrogens (tertiary/aromatic N) is 2.